The van der Waals surface area contributed by atoms with Crippen molar-refractivity contribution in [2.45, 2.75) is 39.0 Å². The molecule has 1 saturated carbocycles. The molecule has 3 heteroatoms. The molecule has 106 valence electrons. The van der Waals surface area contributed by atoms with Crippen molar-refractivity contribution in [2.24, 2.45) is 18.9 Å². The Balaban J connectivity index is 2.00. The summed E-state index contributed by atoms with van der Waals surface area (Å²) in [6.45, 7) is 2.20. The van der Waals surface area contributed by atoms with Crippen molar-refractivity contribution in [1.29, 1.82) is 0 Å². The normalized spacial score (nSPS) is 23.1. The molecular formula is C17H22N2O. The van der Waals surface area contributed by atoms with Crippen LogP contribution >= 0.6 is 0 Å². The van der Waals surface area contributed by atoms with Gasteiger partial charge in [-0.15, -0.1) is 0 Å². The molecule has 0 amide bonds. The van der Waals surface area contributed by atoms with Gasteiger partial charge in [0.15, 0.2) is 5.78 Å². The molecule has 2 unspecified atom stereocenters. The summed E-state index contributed by atoms with van der Waals surface area (Å²) in [5.74, 6) is 0.970. The van der Waals surface area contributed by atoms with Crippen molar-refractivity contribution in [3.63, 3.8) is 0 Å². The number of aryl methyl sites for hydroxylation is 1. The molecule has 0 bridgehead atoms. The third-order valence-electron chi connectivity index (χ3n) is 4.76. The van der Waals surface area contributed by atoms with E-state index in [-0.39, 0.29) is 11.7 Å². The molecule has 0 aliphatic heterocycles. The molecule has 3 rings (SSSR count). The first kappa shape index (κ1) is 13.3. The molecule has 1 aliphatic carbocycles. The third kappa shape index (κ3) is 2.15. The topological polar surface area (TPSA) is 34.9 Å². The number of carbonyl (C=O) groups is 1. The number of aromatic nitrogens is 2. The quantitative estimate of drug-likeness (QED) is 0.791. The molecule has 0 spiro atoms. The van der Waals surface area contributed by atoms with E-state index in [4.69, 9.17) is 0 Å². The molecule has 1 heterocycles. The maximum atomic E-state index is 12.9. The first-order chi connectivity index (χ1) is 9.72. The van der Waals surface area contributed by atoms with Crippen molar-refractivity contribution < 1.29 is 4.79 Å². The van der Waals surface area contributed by atoms with Gasteiger partial charge < -0.3 is 0 Å². The van der Waals surface area contributed by atoms with Gasteiger partial charge in [0.25, 0.3) is 0 Å². The van der Waals surface area contributed by atoms with Gasteiger partial charge >= 0.3 is 0 Å². The summed E-state index contributed by atoms with van der Waals surface area (Å²) in [5, 5.41) is 5.50. The predicted molar refractivity (Wildman–Crippen MR) is 80.8 cm³/mol. The zero-order chi connectivity index (χ0) is 14.1. The van der Waals surface area contributed by atoms with Crippen LogP contribution in [0, 0.1) is 11.8 Å². The van der Waals surface area contributed by atoms with Gasteiger partial charge in [0.05, 0.1) is 5.52 Å². The van der Waals surface area contributed by atoms with Gasteiger partial charge in [-0.3, -0.25) is 9.48 Å². The molecule has 0 radical (unpaired) electrons. The highest BCUT2D eigenvalue weighted by atomic mass is 16.1. The van der Waals surface area contributed by atoms with Crippen LogP contribution in [0.4, 0.5) is 0 Å². The second kappa shape index (κ2) is 5.39. The van der Waals surface area contributed by atoms with E-state index in [9.17, 15) is 4.79 Å². The second-order valence-corrected chi connectivity index (χ2v) is 5.91. The maximum Gasteiger partial charge on any atom is 0.187 e. The highest BCUT2D eigenvalue weighted by Crippen LogP contribution is 2.35. The van der Waals surface area contributed by atoms with Crippen molar-refractivity contribution in [1.82, 2.24) is 9.78 Å². The summed E-state index contributed by atoms with van der Waals surface area (Å²) < 4.78 is 1.83. The Morgan fingerprint density at radius 3 is 2.85 bits per heavy atom. The number of carbonyl (C=O) groups excluding carboxylic acids is 1. The second-order valence-electron chi connectivity index (χ2n) is 5.91. The lowest BCUT2D eigenvalue weighted by molar-refractivity contribution is 0.0816. The fourth-order valence-electron chi connectivity index (χ4n) is 3.61. The molecular weight excluding hydrogens is 248 g/mol. The number of benzene rings is 1. The number of ketones is 1. The number of hydrogen-bond donors (Lipinski definition) is 0. The van der Waals surface area contributed by atoms with E-state index in [1.165, 1.54) is 19.3 Å². The molecule has 1 aliphatic rings. The monoisotopic (exact) mass is 270 g/mol. The van der Waals surface area contributed by atoms with Crippen molar-refractivity contribution in [3.8, 4) is 0 Å². The predicted octanol–water partition coefficient (Wildman–Crippen LogP) is 3.97. The molecule has 2 atom stereocenters. The number of para-hydroxylation sites is 1. The van der Waals surface area contributed by atoms with Gasteiger partial charge in [0, 0.05) is 18.4 Å². The average molecular weight is 270 g/mol. The van der Waals surface area contributed by atoms with E-state index in [0.29, 0.717) is 11.6 Å². The Hall–Kier alpha value is -1.64. The molecule has 1 aromatic heterocycles. The molecule has 2 aromatic rings. The highest BCUT2D eigenvalue weighted by molar-refractivity contribution is 6.07. The Labute approximate surface area is 120 Å². The van der Waals surface area contributed by atoms with Gasteiger partial charge in [0.1, 0.15) is 5.69 Å². The molecule has 0 saturated heterocycles. The van der Waals surface area contributed by atoms with Gasteiger partial charge in [-0.25, -0.2) is 0 Å². The van der Waals surface area contributed by atoms with E-state index < -0.39 is 0 Å². The standard InChI is InChI=1S/C17H22N2O/c1-3-12-8-4-5-9-13(12)17(20)16-14-10-6-7-11-15(14)19(2)18-16/h6-7,10-13H,3-5,8-9H2,1-2H3. The maximum absolute atomic E-state index is 12.9. The Morgan fingerprint density at radius 1 is 1.30 bits per heavy atom. The molecule has 0 N–H and O–H groups in total. The first-order valence-corrected chi connectivity index (χ1v) is 7.68. The summed E-state index contributed by atoms with van der Waals surface area (Å²) in [6.07, 6.45) is 5.77. The van der Waals surface area contributed by atoms with Crippen LogP contribution < -0.4 is 0 Å². The lowest BCUT2D eigenvalue weighted by Crippen LogP contribution is -2.27. The minimum atomic E-state index is 0.173. The van der Waals surface area contributed by atoms with E-state index in [0.717, 1.165) is 23.7 Å². The van der Waals surface area contributed by atoms with E-state index in [1.807, 2.05) is 36.0 Å². The van der Waals surface area contributed by atoms with Gasteiger partial charge in [0.2, 0.25) is 0 Å². The summed E-state index contributed by atoms with van der Waals surface area (Å²) in [5.41, 5.74) is 1.72. The summed E-state index contributed by atoms with van der Waals surface area (Å²) in [4.78, 5) is 12.9. The van der Waals surface area contributed by atoms with Crippen LogP contribution in [0.15, 0.2) is 24.3 Å². The fraction of sp³-hybridized carbons (Fsp3) is 0.529. The number of nitrogens with zero attached hydrogens (tertiary/aromatic N) is 2. The smallest absolute Gasteiger partial charge is 0.187 e. The molecule has 20 heavy (non-hydrogen) atoms. The summed E-state index contributed by atoms with van der Waals surface area (Å²) in [6, 6.07) is 8.02. The number of hydrogen-bond acceptors (Lipinski definition) is 2. The van der Waals surface area contributed by atoms with Gasteiger partial charge in [-0.05, 0) is 24.8 Å². The van der Waals surface area contributed by atoms with Crippen molar-refractivity contribution in [2.75, 3.05) is 0 Å². The minimum Gasteiger partial charge on any atom is -0.292 e. The lowest BCUT2D eigenvalue weighted by Gasteiger charge is -2.29. The third-order valence-corrected chi connectivity index (χ3v) is 4.76. The lowest BCUT2D eigenvalue weighted by atomic mass is 9.75. The van der Waals surface area contributed by atoms with Gasteiger partial charge in [-0.1, -0.05) is 44.4 Å². The minimum absolute atomic E-state index is 0.173. The Kier molecular flexibility index (Phi) is 3.60. The van der Waals surface area contributed by atoms with Crippen LogP contribution in [0.2, 0.25) is 0 Å². The zero-order valence-electron chi connectivity index (χ0n) is 12.3. The van der Waals surface area contributed by atoms with E-state index in [2.05, 4.69) is 12.0 Å². The van der Waals surface area contributed by atoms with E-state index in [1.54, 1.807) is 0 Å². The number of fused-ring (bicyclic) bond motifs is 1. The largest absolute Gasteiger partial charge is 0.292 e. The molecule has 1 aromatic carbocycles. The van der Waals surface area contributed by atoms with Crippen LogP contribution in [-0.2, 0) is 7.05 Å². The Bertz CT molecular complexity index is 629. The van der Waals surface area contributed by atoms with Crippen LogP contribution in [0.25, 0.3) is 10.9 Å². The number of Topliss-reactive ketones (excluding diaryl/α,β-unsaturated/α-hetero) is 1. The average Bonchev–Trinajstić information content (AvgIpc) is 2.84. The van der Waals surface area contributed by atoms with E-state index >= 15 is 0 Å². The van der Waals surface area contributed by atoms with Crippen LogP contribution in [0.3, 0.4) is 0 Å². The summed E-state index contributed by atoms with van der Waals surface area (Å²) >= 11 is 0. The van der Waals surface area contributed by atoms with Crippen molar-refractivity contribution >= 4 is 16.7 Å². The fourth-order valence-corrected chi connectivity index (χ4v) is 3.61. The molecule has 3 nitrogen and oxygen atoms in total. The zero-order valence-corrected chi connectivity index (χ0v) is 12.3. The van der Waals surface area contributed by atoms with Gasteiger partial charge in [-0.2, -0.15) is 5.10 Å². The van der Waals surface area contributed by atoms with Crippen LogP contribution in [0.1, 0.15) is 49.5 Å². The first-order valence-electron chi connectivity index (χ1n) is 7.68. The number of rotatable bonds is 3. The molecule has 1 fully saturated rings. The SMILES string of the molecule is CCC1CCCCC1C(=O)c1nn(C)c2ccccc12. The Morgan fingerprint density at radius 2 is 2.05 bits per heavy atom. The van der Waals surface area contributed by atoms with Crippen LogP contribution in [0.5, 0.6) is 0 Å². The van der Waals surface area contributed by atoms with Crippen LogP contribution in [-0.4, -0.2) is 15.6 Å². The summed E-state index contributed by atoms with van der Waals surface area (Å²) in [7, 11) is 1.91. The van der Waals surface area contributed by atoms with Crippen molar-refractivity contribution in [3.05, 3.63) is 30.0 Å². The highest BCUT2D eigenvalue weighted by Gasteiger charge is 2.32.